The zero-order chi connectivity index (χ0) is 26.0. The smallest absolute Gasteiger partial charge is 0.306 e. The van der Waals surface area contributed by atoms with Gasteiger partial charge in [-0.05, 0) is 24.8 Å². The van der Waals surface area contributed by atoms with Gasteiger partial charge in [-0.2, -0.15) is 0 Å². The monoisotopic (exact) mass is 497 g/mol. The molecule has 0 saturated heterocycles. The second-order valence-corrected chi connectivity index (χ2v) is 9.54. The Morgan fingerprint density at radius 2 is 1.47 bits per heavy atom. The molecule has 0 saturated carbocycles. The summed E-state index contributed by atoms with van der Waals surface area (Å²) in [4.78, 5) is 36.4. The predicted octanol–water partition coefficient (Wildman–Crippen LogP) is 6.65. The Morgan fingerprint density at radius 1 is 0.861 bits per heavy atom. The Morgan fingerprint density at radius 3 is 2.11 bits per heavy atom. The number of Topliss-reactive ketones (excluding diaryl/α,β-unsaturated/α-hetero) is 1. The third-order valence-corrected chi connectivity index (χ3v) is 6.46. The average molecular weight is 498 g/mol. The van der Waals surface area contributed by atoms with E-state index in [-0.39, 0.29) is 36.0 Å². The second kappa shape index (κ2) is 17.5. The molecule has 1 aromatic rings. The van der Waals surface area contributed by atoms with E-state index in [0.29, 0.717) is 19.4 Å². The van der Waals surface area contributed by atoms with Crippen LogP contribution in [0.5, 0.6) is 0 Å². The number of rotatable bonds is 19. The van der Waals surface area contributed by atoms with Crippen LogP contribution >= 0.6 is 0 Å². The number of aliphatic hydroxyl groups is 1. The fraction of sp³-hybridized carbons (Fsp3) is 0.567. The molecule has 0 heterocycles. The standard InChI is InChI=1S/C30H43NO5/c1-2-3-4-5-6-7-8-9-10-11-15-19-25-29(34)26(22-27(32)30(25)35)31-21-16-20-28(33)36-23-24-17-13-12-14-18-24/h12-14,17-18,22,31,34H,2-11,15-16,19-21,23H2,1H3. The first-order chi connectivity index (χ1) is 17.5. The van der Waals surface area contributed by atoms with Crippen molar-refractivity contribution >= 4 is 17.5 Å². The number of ether oxygens (including phenoxy) is 1. The number of aliphatic hydroxyl groups excluding tert-OH is 1. The summed E-state index contributed by atoms with van der Waals surface area (Å²) in [7, 11) is 0. The second-order valence-electron chi connectivity index (χ2n) is 9.54. The number of carbonyl (C=O) groups is 3. The first-order valence-electron chi connectivity index (χ1n) is 13.7. The molecule has 0 spiro atoms. The highest BCUT2D eigenvalue weighted by atomic mass is 16.5. The van der Waals surface area contributed by atoms with Crippen LogP contribution in [0.4, 0.5) is 0 Å². The van der Waals surface area contributed by atoms with E-state index in [1.807, 2.05) is 30.3 Å². The summed E-state index contributed by atoms with van der Waals surface area (Å²) in [5.41, 5.74) is 1.39. The topological polar surface area (TPSA) is 92.7 Å². The number of allylic oxidation sites excluding steroid dienone is 2. The fourth-order valence-corrected chi connectivity index (χ4v) is 4.28. The molecule has 0 radical (unpaired) electrons. The molecule has 1 aliphatic carbocycles. The molecule has 1 aliphatic rings. The summed E-state index contributed by atoms with van der Waals surface area (Å²) in [5, 5.41) is 13.6. The van der Waals surface area contributed by atoms with Crippen LogP contribution in [0, 0.1) is 0 Å². The number of hydrogen-bond acceptors (Lipinski definition) is 6. The van der Waals surface area contributed by atoms with Gasteiger partial charge in [0.15, 0.2) is 0 Å². The molecule has 0 aliphatic heterocycles. The summed E-state index contributed by atoms with van der Waals surface area (Å²) in [5.74, 6) is -1.68. The van der Waals surface area contributed by atoms with Crippen molar-refractivity contribution in [3.63, 3.8) is 0 Å². The highest BCUT2D eigenvalue weighted by Crippen LogP contribution is 2.23. The van der Waals surface area contributed by atoms with Crippen molar-refractivity contribution in [2.75, 3.05) is 6.54 Å². The first kappa shape index (κ1) is 29.3. The highest BCUT2D eigenvalue weighted by Gasteiger charge is 2.28. The SMILES string of the molecule is CCCCCCCCCCCCCC1=C(O)C(NCCCC(=O)OCc2ccccc2)=CC(=O)C1=O. The molecule has 6 heteroatoms. The summed E-state index contributed by atoms with van der Waals surface area (Å²) in [6, 6.07) is 9.48. The van der Waals surface area contributed by atoms with Crippen molar-refractivity contribution in [3.05, 3.63) is 59.0 Å². The number of benzene rings is 1. The van der Waals surface area contributed by atoms with Crippen molar-refractivity contribution in [1.29, 1.82) is 0 Å². The molecule has 0 amide bonds. The minimum absolute atomic E-state index is 0.140. The van der Waals surface area contributed by atoms with Crippen molar-refractivity contribution in [3.8, 4) is 0 Å². The van der Waals surface area contributed by atoms with Crippen LogP contribution in [0.3, 0.4) is 0 Å². The Kier molecular flexibility index (Phi) is 14.3. The number of ketones is 2. The molecule has 0 atom stereocenters. The van der Waals surface area contributed by atoms with Crippen LogP contribution in [0.1, 0.15) is 102 Å². The molecule has 6 nitrogen and oxygen atoms in total. The quantitative estimate of drug-likeness (QED) is 0.0962. The lowest BCUT2D eigenvalue weighted by Gasteiger charge is -2.17. The lowest BCUT2D eigenvalue weighted by Crippen LogP contribution is -2.28. The predicted molar refractivity (Wildman–Crippen MR) is 142 cm³/mol. The molecule has 2 rings (SSSR count). The van der Waals surface area contributed by atoms with Crippen LogP contribution in [-0.2, 0) is 25.7 Å². The van der Waals surface area contributed by atoms with E-state index in [2.05, 4.69) is 12.2 Å². The molecule has 0 bridgehead atoms. The van der Waals surface area contributed by atoms with Crippen LogP contribution in [0.15, 0.2) is 53.4 Å². The van der Waals surface area contributed by atoms with Crippen LogP contribution < -0.4 is 5.32 Å². The van der Waals surface area contributed by atoms with Gasteiger partial charge in [0.05, 0.1) is 5.70 Å². The van der Waals surface area contributed by atoms with E-state index in [1.165, 1.54) is 51.4 Å². The molecule has 36 heavy (non-hydrogen) atoms. The van der Waals surface area contributed by atoms with E-state index >= 15 is 0 Å². The largest absolute Gasteiger partial charge is 0.505 e. The van der Waals surface area contributed by atoms with Crippen molar-refractivity contribution in [2.45, 2.75) is 103 Å². The van der Waals surface area contributed by atoms with Gasteiger partial charge >= 0.3 is 5.97 Å². The Labute approximate surface area is 216 Å². The number of nitrogens with one attached hydrogen (secondary N) is 1. The van der Waals surface area contributed by atoms with Crippen LogP contribution in [0.2, 0.25) is 0 Å². The maximum absolute atomic E-state index is 12.3. The van der Waals surface area contributed by atoms with E-state index in [4.69, 9.17) is 4.74 Å². The minimum atomic E-state index is -0.616. The van der Waals surface area contributed by atoms with Gasteiger partial charge in [-0.15, -0.1) is 0 Å². The summed E-state index contributed by atoms with van der Waals surface area (Å²) < 4.78 is 5.26. The Balaban J connectivity index is 1.64. The lowest BCUT2D eigenvalue weighted by atomic mass is 9.93. The molecule has 1 aromatic carbocycles. The van der Waals surface area contributed by atoms with Gasteiger partial charge in [-0.1, -0.05) is 101 Å². The Hall–Kier alpha value is -2.89. The average Bonchev–Trinajstić information content (AvgIpc) is 2.89. The van der Waals surface area contributed by atoms with Crippen LogP contribution in [0.25, 0.3) is 0 Å². The molecule has 198 valence electrons. The van der Waals surface area contributed by atoms with E-state index < -0.39 is 11.6 Å². The summed E-state index contributed by atoms with van der Waals surface area (Å²) >= 11 is 0. The molecule has 0 fully saturated rings. The summed E-state index contributed by atoms with van der Waals surface area (Å²) in [6.07, 6.45) is 15.4. The van der Waals surface area contributed by atoms with E-state index in [0.717, 1.165) is 30.9 Å². The fourth-order valence-electron chi connectivity index (χ4n) is 4.28. The van der Waals surface area contributed by atoms with Gasteiger partial charge in [0, 0.05) is 24.6 Å². The van der Waals surface area contributed by atoms with Gasteiger partial charge in [-0.25, -0.2) is 0 Å². The lowest BCUT2D eigenvalue weighted by molar-refractivity contribution is -0.145. The molecule has 0 aromatic heterocycles. The third-order valence-electron chi connectivity index (χ3n) is 6.46. The van der Waals surface area contributed by atoms with Crippen molar-refractivity contribution in [1.82, 2.24) is 5.32 Å². The van der Waals surface area contributed by atoms with Gasteiger partial charge in [0.2, 0.25) is 11.6 Å². The minimum Gasteiger partial charge on any atom is -0.505 e. The maximum atomic E-state index is 12.3. The first-order valence-corrected chi connectivity index (χ1v) is 13.7. The van der Waals surface area contributed by atoms with Gasteiger partial charge in [0.25, 0.3) is 0 Å². The summed E-state index contributed by atoms with van der Waals surface area (Å²) in [6.45, 7) is 2.85. The molecular formula is C30H43NO5. The van der Waals surface area contributed by atoms with Crippen LogP contribution in [-0.4, -0.2) is 29.2 Å². The van der Waals surface area contributed by atoms with Gasteiger partial charge in [0.1, 0.15) is 12.4 Å². The highest BCUT2D eigenvalue weighted by molar-refractivity contribution is 6.48. The Bertz CT molecular complexity index is 888. The van der Waals surface area contributed by atoms with Gasteiger partial charge in [-0.3, -0.25) is 14.4 Å². The number of hydrogen-bond donors (Lipinski definition) is 2. The number of esters is 1. The zero-order valence-electron chi connectivity index (χ0n) is 21.9. The number of unbranched alkanes of at least 4 members (excludes halogenated alkanes) is 10. The van der Waals surface area contributed by atoms with Crippen molar-refractivity contribution in [2.24, 2.45) is 0 Å². The third kappa shape index (κ3) is 11.2. The molecule has 2 N–H and O–H groups in total. The van der Waals surface area contributed by atoms with E-state index in [9.17, 15) is 19.5 Å². The normalized spacial score (nSPS) is 13.6. The number of carbonyl (C=O) groups excluding carboxylic acids is 3. The zero-order valence-corrected chi connectivity index (χ0v) is 21.9. The molecule has 0 unspecified atom stereocenters. The van der Waals surface area contributed by atoms with E-state index in [1.54, 1.807) is 0 Å². The van der Waals surface area contributed by atoms with Crippen molar-refractivity contribution < 1.29 is 24.2 Å². The maximum Gasteiger partial charge on any atom is 0.306 e. The molecular weight excluding hydrogens is 454 g/mol. The van der Waals surface area contributed by atoms with Gasteiger partial charge < -0.3 is 15.2 Å².